The highest BCUT2D eigenvalue weighted by Gasteiger charge is 2.28. The molecule has 1 atom stereocenters. The number of aryl methyl sites for hydroxylation is 1. The van der Waals surface area contributed by atoms with E-state index in [0.29, 0.717) is 6.42 Å². The number of nitrogens with zero attached hydrogens (tertiary/aromatic N) is 4. The number of esters is 1. The molecule has 1 aliphatic rings. The van der Waals surface area contributed by atoms with Gasteiger partial charge in [0.15, 0.2) is 0 Å². The number of aromatic nitrogens is 3. The van der Waals surface area contributed by atoms with E-state index >= 15 is 0 Å². The standard InChI is InChI=1S/C21H19BrN4O2.C6H8O3S/c1-13-12-24-21-17(7-9-19(27)28-2)25-20(16-5-3-4-10-23-16)15-11-14(22)6-8-18(15)26(13)21;1-3-4-5-6(2)10(7,8)9/h3-6,8,10-12,17H,7,9H2,1-2H3;3-5H,1-2H2,(H,7,8,9)/b;5-4-/t17-;/m0./s1. The Morgan fingerprint density at radius 2 is 2.03 bits per heavy atom. The number of benzene rings is 1. The van der Waals surface area contributed by atoms with Crippen molar-refractivity contribution in [3.8, 4) is 5.69 Å². The number of allylic oxidation sites excluding steroid dienone is 3. The number of aliphatic imine (C=N–C) groups is 1. The lowest BCUT2D eigenvalue weighted by Crippen LogP contribution is -2.09. The lowest BCUT2D eigenvalue weighted by atomic mass is 10.0. The van der Waals surface area contributed by atoms with Crippen molar-refractivity contribution in [2.45, 2.75) is 25.8 Å². The van der Waals surface area contributed by atoms with Gasteiger partial charge in [0.2, 0.25) is 0 Å². The van der Waals surface area contributed by atoms with Crippen LogP contribution in [0.3, 0.4) is 0 Å². The van der Waals surface area contributed by atoms with Crippen molar-refractivity contribution in [2.75, 3.05) is 7.11 Å². The Labute approximate surface area is 230 Å². The Hall–Kier alpha value is -3.67. The van der Waals surface area contributed by atoms with E-state index in [0.717, 1.165) is 44.7 Å². The highest BCUT2D eigenvalue weighted by Crippen LogP contribution is 2.34. The van der Waals surface area contributed by atoms with Crippen LogP contribution >= 0.6 is 15.9 Å². The van der Waals surface area contributed by atoms with Crippen LogP contribution in [-0.4, -0.2) is 46.3 Å². The molecule has 11 heteroatoms. The maximum atomic E-state index is 11.8. The molecule has 3 aromatic rings. The third kappa shape index (κ3) is 7.00. The van der Waals surface area contributed by atoms with E-state index in [1.54, 1.807) is 6.20 Å². The second kappa shape index (κ2) is 12.7. The number of carbonyl (C=O) groups is 1. The number of hydrogen-bond acceptors (Lipinski definition) is 7. The van der Waals surface area contributed by atoms with E-state index < -0.39 is 10.1 Å². The second-order valence-electron chi connectivity index (χ2n) is 8.11. The zero-order valence-electron chi connectivity index (χ0n) is 20.9. The Morgan fingerprint density at radius 3 is 2.66 bits per heavy atom. The van der Waals surface area contributed by atoms with Gasteiger partial charge >= 0.3 is 5.97 Å². The smallest absolute Gasteiger partial charge is 0.305 e. The summed E-state index contributed by atoms with van der Waals surface area (Å²) in [6.07, 6.45) is 8.29. The third-order valence-corrected chi connectivity index (χ3v) is 6.80. The van der Waals surface area contributed by atoms with E-state index in [1.807, 2.05) is 37.4 Å². The number of hydrogen-bond donors (Lipinski definition) is 1. The topological polar surface area (TPSA) is 124 Å². The molecule has 1 aliphatic heterocycles. The monoisotopic (exact) mass is 598 g/mol. The summed E-state index contributed by atoms with van der Waals surface area (Å²) in [4.78, 5) is 25.6. The molecule has 198 valence electrons. The van der Waals surface area contributed by atoms with Gasteiger partial charge in [0.25, 0.3) is 10.1 Å². The fraction of sp³-hybridized carbons (Fsp3) is 0.185. The number of imidazole rings is 1. The van der Waals surface area contributed by atoms with Crippen LogP contribution in [0.25, 0.3) is 5.69 Å². The molecule has 1 N–H and O–H groups in total. The minimum atomic E-state index is -4.10. The molecule has 0 spiro atoms. The summed E-state index contributed by atoms with van der Waals surface area (Å²) in [5.74, 6) is 0.560. The molecule has 3 heterocycles. The fourth-order valence-corrected chi connectivity index (χ4v) is 4.31. The average molecular weight is 600 g/mol. The SMILES string of the molecule is C=C/C=C\C(=C)S(=O)(=O)O.COC(=O)CC[C@@H]1N=C(c2ccccn2)c2cc(Br)ccc2-n2c(C)cnc21. The van der Waals surface area contributed by atoms with Gasteiger partial charge in [-0.15, -0.1) is 0 Å². The number of rotatable bonds is 7. The lowest BCUT2D eigenvalue weighted by Gasteiger charge is -2.14. The minimum Gasteiger partial charge on any atom is -0.469 e. The van der Waals surface area contributed by atoms with Crippen LogP contribution in [0, 0.1) is 6.92 Å². The first-order valence-electron chi connectivity index (χ1n) is 11.4. The third-order valence-electron chi connectivity index (χ3n) is 5.51. The molecule has 0 fully saturated rings. The van der Waals surface area contributed by atoms with Gasteiger partial charge in [-0.25, -0.2) is 4.98 Å². The minimum absolute atomic E-state index is 0.256. The number of carbonyl (C=O) groups excluding carboxylic acids is 1. The molecular formula is C27H27BrN4O5S. The molecule has 0 radical (unpaired) electrons. The van der Waals surface area contributed by atoms with Crippen LogP contribution < -0.4 is 0 Å². The van der Waals surface area contributed by atoms with E-state index in [-0.39, 0.29) is 23.3 Å². The first kappa shape index (κ1) is 28.9. The van der Waals surface area contributed by atoms with Gasteiger partial charge in [0.1, 0.15) is 11.9 Å². The van der Waals surface area contributed by atoms with Gasteiger partial charge in [-0.05, 0) is 49.8 Å². The van der Waals surface area contributed by atoms with E-state index in [9.17, 15) is 13.2 Å². The van der Waals surface area contributed by atoms with Crippen molar-refractivity contribution in [1.82, 2.24) is 14.5 Å². The Bertz CT molecular complexity index is 1510. The van der Waals surface area contributed by atoms with E-state index in [1.165, 1.54) is 19.3 Å². The van der Waals surface area contributed by atoms with Crippen molar-refractivity contribution < 1.29 is 22.5 Å². The van der Waals surface area contributed by atoms with Crippen molar-refractivity contribution >= 4 is 37.7 Å². The molecule has 38 heavy (non-hydrogen) atoms. The van der Waals surface area contributed by atoms with Gasteiger partial charge in [0, 0.05) is 34.5 Å². The van der Waals surface area contributed by atoms with Gasteiger partial charge in [0.05, 0.1) is 29.1 Å². The number of ether oxygens (including phenoxy) is 1. The zero-order chi connectivity index (χ0) is 27.9. The van der Waals surface area contributed by atoms with E-state index in [4.69, 9.17) is 14.3 Å². The molecule has 0 bridgehead atoms. The van der Waals surface area contributed by atoms with Gasteiger partial charge in [-0.3, -0.25) is 23.9 Å². The largest absolute Gasteiger partial charge is 0.469 e. The fourth-order valence-electron chi connectivity index (χ4n) is 3.70. The van der Waals surface area contributed by atoms with Gasteiger partial charge < -0.3 is 4.74 Å². The van der Waals surface area contributed by atoms with Crippen LogP contribution in [-0.2, 0) is 19.6 Å². The Kier molecular flexibility index (Phi) is 9.67. The summed E-state index contributed by atoms with van der Waals surface area (Å²) in [5, 5.41) is 0. The maximum absolute atomic E-state index is 11.8. The molecule has 0 saturated heterocycles. The molecule has 2 aromatic heterocycles. The molecule has 4 rings (SSSR count). The molecule has 9 nitrogen and oxygen atoms in total. The molecule has 0 unspecified atom stereocenters. The first-order valence-corrected chi connectivity index (χ1v) is 13.7. The van der Waals surface area contributed by atoms with Crippen LogP contribution in [0.1, 0.15) is 41.7 Å². The van der Waals surface area contributed by atoms with E-state index in [2.05, 4.69) is 55.8 Å². The van der Waals surface area contributed by atoms with Crippen LogP contribution in [0.4, 0.5) is 0 Å². The molecule has 0 amide bonds. The highest BCUT2D eigenvalue weighted by atomic mass is 79.9. The van der Waals surface area contributed by atoms with Gasteiger partial charge in [-0.1, -0.05) is 47.3 Å². The summed E-state index contributed by atoms with van der Waals surface area (Å²) in [6, 6.07) is 11.6. The molecule has 0 saturated carbocycles. The maximum Gasteiger partial charge on any atom is 0.305 e. The predicted octanol–water partition coefficient (Wildman–Crippen LogP) is 5.31. The lowest BCUT2D eigenvalue weighted by molar-refractivity contribution is -0.140. The normalized spacial score (nSPS) is 14.3. The number of methoxy groups -OCH3 is 1. The number of pyridine rings is 1. The summed E-state index contributed by atoms with van der Waals surface area (Å²) in [5.41, 5.74) is 4.55. The Morgan fingerprint density at radius 1 is 1.26 bits per heavy atom. The quantitative estimate of drug-likeness (QED) is 0.222. The number of fused-ring (bicyclic) bond motifs is 3. The Balaban J connectivity index is 0.000000342. The van der Waals surface area contributed by atoms with Crippen LogP contribution in [0.5, 0.6) is 0 Å². The average Bonchev–Trinajstić information content (AvgIpc) is 3.21. The summed E-state index contributed by atoms with van der Waals surface area (Å²) in [7, 11) is -2.70. The number of halogens is 1. The zero-order valence-corrected chi connectivity index (χ0v) is 23.3. The summed E-state index contributed by atoms with van der Waals surface area (Å²) in [6.45, 7) is 8.42. The highest BCUT2D eigenvalue weighted by molar-refractivity contribution is 9.10. The van der Waals surface area contributed by atoms with Crippen molar-refractivity contribution in [2.24, 2.45) is 4.99 Å². The summed E-state index contributed by atoms with van der Waals surface area (Å²) >= 11 is 3.58. The molecule has 1 aromatic carbocycles. The van der Waals surface area contributed by atoms with Crippen molar-refractivity contribution in [3.05, 3.63) is 112 Å². The van der Waals surface area contributed by atoms with Gasteiger partial charge in [-0.2, -0.15) is 8.42 Å². The first-order chi connectivity index (χ1) is 18.1. The molecular weight excluding hydrogens is 572 g/mol. The van der Waals surface area contributed by atoms with Crippen molar-refractivity contribution in [1.29, 1.82) is 0 Å². The summed E-state index contributed by atoms with van der Waals surface area (Å²) < 4.78 is 36.6. The molecule has 0 aliphatic carbocycles. The van der Waals surface area contributed by atoms with Crippen LogP contribution in [0.15, 0.2) is 94.5 Å². The van der Waals surface area contributed by atoms with Crippen molar-refractivity contribution in [3.63, 3.8) is 0 Å². The van der Waals surface area contributed by atoms with Crippen LogP contribution in [0.2, 0.25) is 0 Å². The predicted molar refractivity (Wildman–Crippen MR) is 150 cm³/mol. The second-order valence-corrected chi connectivity index (χ2v) is 10.5.